The first kappa shape index (κ1) is 27.1. The molecule has 0 bridgehead atoms. The zero-order valence-electron chi connectivity index (χ0n) is 20.3. The van der Waals surface area contributed by atoms with Crippen molar-refractivity contribution in [3.63, 3.8) is 0 Å². The first-order chi connectivity index (χ1) is 17.3. The molecule has 0 aromatic heterocycles. The first-order valence-electron chi connectivity index (χ1n) is 11.3. The van der Waals surface area contributed by atoms with Crippen LogP contribution in [0.2, 0.25) is 0 Å². The smallest absolute Gasteiger partial charge is 0.340 e. The van der Waals surface area contributed by atoms with Gasteiger partial charge >= 0.3 is 5.97 Å². The molecule has 0 aliphatic rings. The second-order valence-corrected chi connectivity index (χ2v) is 10.2. The Labute approximate surface area is 215 Å². The van der Waals surface area contributed by atoms with Crippen LogP contribution in [0.15, 0.2) is 82.6 Å². The van der Waals surface area contributed by atoms with Gasteiger partial charge in [0.15, 0.2) is 0 Å². The highest BCUT2D eigenvalue weighted by Gasteiger charge is 2.28. The summed E-state index contributed by atoms with van der Waals surface area (Å²) < 4.78 is 38.8. The summed E-state index contributed by atoms with van der Waals surface area (Å²) in [6.07, 6.45) is 1.90. The molecule has 0 heterocycles. The minimum absolute atomic E-state index is 0.0499. The SMILES string of the molecule is CCOC(=O)c1ccccc1NC(=O)CN(c1ccc(OCC)cc1)S(=O)(=O)c1ccc(SC)cc1. The predicted molar refractivity (Wildman–Crippen MR) is 141 cm³/mol. The summed E-state index contributed by atoms with van der Waals surface area (Å²) in [5.74, 6) is -0.626. The Balaban J connectivity index is 1.94. The number of rotatable bonds is 11. The van der Waals surface area contributed by atoms with Crippen molar-refractivity contribution in [3.05, 3.63) is 78.4 Å². The van der Waals surface area contributed by atoms with Gasteiger partial charge in [-0.1, -0.05) is 12.1 Å². The molecule has 3 aromatic carbocycles. The van der Waals surface area contributed by atoms with Gasteiger partial charge in [-0.25, -0.2) is 13.2 Å². The Morgan fingerprint density at radius 1 is 0.917 bits per heavy atom. The van der Waals surface area contributed by atoms with Gasteiger partial charge in [0.25, 0.3) is 10.0 Å². The summed E-state index contributed by atoms with van der Waals surface area (Å²) in [5.41, 5.74) is 0.700. The third kappa shape index (κ3) is 6.58. The van der Waals surface area contributed by atoms with Crippen LogP contribution in [0.4, 0.5) is 11.4 Å². The lowest BCUT2D eigenvalue weighted by molar-refractivity contribution is -0.114. The number of sulfonamides is 1. The van der Waals surface area contributed by atoms with E-state index in [1.165, 1.54) is 30.0 Å². The molecule has 0 spiro atoms. The maximum atomic E-state index is 13.6. The molecule has 1 amide bonds. The number of hydrogen-bond donors (Lipinski definition) is 1. The zero-order chi connectivity index (χ0) is 26.1. The van der Waals surface area contributed by atoms with Crippen molar-refractivity contribution in [2.75, 3.05) is 35.6 Å². The van der Waals surface area contributed by atoms with Crippen LogP contribution in [0.5, 0.6) is 5.75 Å². The molecular weight excluding hydrogens is 500 g/mol. The number of hydrogen-bond acceptors (Lipinski definition) is 7. The van der Waals surface area contributed by atoms with Crippen LogP contribution in [0.25, 0.3) is 0 Å². The molecular formula is C26H28N2O6S2. The predicted octanol–water partition coefficient (Wildman–Crippen LogP) is 4.82. The van der Waals surface area contributed by atoms with E-state index in [9.17, 15) is 18.0 Å². The highest BCUT2D eigenvalue weighted by molar-refractivity contribution is 7.98. The molecule has 0 saturated heterocycles. The molecule has 190 valence electrons. The number of amides is 1. The van der Waals surface area contributed by atoms with E-state index in [-0.39, 0.29) is 22.8 Å². The van der Waals surface area contributed by atoms with Crippen molar-refractivity contribution in [1.29, 1.82) is 0 Å². The Morgan fingerprint density at radius 2 is 1.58 bits per heavy atom. The van der Waals surface area contributed by atoms with Crippen LogP contribution in [0.3, 0.4) is 0 Å². The van der Waals surface area contributed by atoms with Gasteiger partial charge in [-0.15, -0.1) is 11.8 Å². The Bertz CT molecular complexity index is 1290. The summed E-state index contributed by atoms with van der Waals surface area (Å²) in [7, 11) is -4.10. The highest BCUT2D eigenvalue weighted by Crippen LogP contribution is 2.27. The van der Waals surface area contributed by atoms with Gasteiger partial charge in [-0.05, 0) is 80.8 Å². The van der Waals surface area contributed by atoms with Gasteiger partial charge in [-0.3, -0.25) is 9.10 Å². The number of nitrogens with one attached hydrogen (secondary N) is 1. The normalized spacial score (nSPS) is 11.0. The summed E-state index contributed by atoms with van der Waals surface area (Å²) in [6.45, 7) is 3.66. The quantitative estimate of drug-likeness (QED) is 0.281. The van der Waals surface area contributed by atoms with Crippen LogP contribution in [0.1, 0.15) is 24.2 Å². The lowest BCUT2D eigenvalue weighted by atomic mass is 10.2. The minimum Gasteiger partial charge on any atom is -0.494 e. The van der Waals surface area contributed by atoms with E-state index in [4.69, 9.17) is 9.47 Å². The van der Waals surface area contributed by atoms with Crippen molar-refractivity contribution < 1.29 is 27.5 Å². The largest absolute Gasteiger partial charge is 0.494 e. The van der Waals surface area contributed by atoms with Gasteiger partial charge < -0.3 is 14.8 Å². The number of ether oxygens (including phenoxy) is 2. The summed E-state index contributed by atoms with van der Waals surface area (Å²) in [5, 5.41) is 2.65. The van der Waals surface area contributed by atoms with E-state index in [1.807, 2.05) is 13.2 Å². The fraction of sp³-hybridized carbons (Fsp3) is 0.231. The van der Waals surface area contributed by atoms with E-state index >= 15 is 0 Å². The molecule has 0 radical (unpaired) electrons. The highest BCUT2D eigenvalue weighted by atomic mass is 32.2. The van der Waals surface area contributed by atoms with Gasteiger partial charge in [0, 0.05) is 4.90 Å². The molecule has 8 nitrogen and oxygen atoms in total. The van der Waals surface area contributed by atoms with E-state index < -0.39 is 28.4 Å². The summed E-state index contributed by atoms with van der Waals surface area (Å²) >= 11 is 1.49. The molecule has 0 atom stereocenters. The fourth-order valence-corrected chi connectivity index (χ4v) is 5.19. The van der Waals surface area contributed by atoms with E-state index in [0.717, 1.165) is 9.20 Å². The number of carbonyl (C=O) groups is 2. The Hall–Kier alpha value is -3.50. The lowest BCUT2D eigenvalue weighted by Crippen LogP contribution is -2.38. The molecule has 0 fully saturated rings. The number of para-hydroxylation sites is 1. The molecule has 0 aliphatic heterocycles. The topological polar surface area (TPSA) is 102 Å². The lowest BCUT2D eigenvalue weighted by Gasteiger charge is -2.24. The molecule has 0 aliphatic carbocycles. The second kappa shape index (κ2) is 12.5. The molecule has 3 rings (SSSR count). The van der Waals surface area contributed by atoms with E-state index in [2.05, 4.69) is 5.32 Å². The van der Waals surface area contributed by atoms with Gasteiger partial charge in [0.1, 0.15) is 12.3 Å². The third-order valence-corrected chi connectivity index (χ3v) is 7.60. The number of carbonyl (C=O) groups excluding carboxylic acids is 2. The van der Waals surface area contributed by atoms with E-state index in [1.54, 1.807) is 61.5 Å². The standard InChI is InChI=1S/C26H28N2O6S2/c1-4-33-20-12-10-19(11-13-20)28(36(31,32)22-16-14-21(35-3)15-17-22)18-25(29)27-24-9-7-6-8-23(24)26(30)34-5-2/h6-17H,4-5,18H2,1-3H3,(H,27,29). The van der Waals surface area contributed by atoms with Crippen LogP contribution in [0, 0.1) is 0 Å². The number of thioether (sulfide) groups is 1. The molecule has 0 saturated carbocycles. The molecule has 1 N–H and O–H groups in total. The average molecular weight is 529 g/mol. The van der Waals surface area contributed by atoms with Gasteiger partial charge in [0.05, 0.1) is 35.0 Å². The third-order valence-electron chi connectivity index (χ3n) is 5.07. The molecule has 3 aromatic rings. The number of esters is 1. The van der Waals surface area contributed by atoms with Crippen LogP contribution in [-0.2, 0) is 19.6 Å². The second-order valence-electron chi connectivity index (χ2n) is 7.43. The molecule has 0 unspecified atom stereocenters. The van der Waals surface area contributed by atoms with Crippen LogP contribution < -0.4 is 14.4 Å². The van der Waals surface area contributed by atoms with Crippen LogP contribution in [-0.4, -0.2) is 46.3 Å². The van der Waals surface area contributed by atoms with E-state index in [0.29, 0.717) is 18.0 Å². The van der Waals surface area contributed by atoms with Crippen molar-refractivity contribution in [1.82, 2.24) is 0 Å². The van der Waals surface area contributed by atoms with Gasteiger partial charge in [0.2, 0.25) is 5.91 Å². The maximum absolute atomic E-state index is 13.6. The zero-order valence-corrected chi connectivity index (χ0v) is 21.9. The van der Waals surface area contributed by atoms with Crippen molar-refractivity contribution >= 4 is 45.0 Å². The monoisotopic (exact) mass is 528 g/mol. The van der Waals surface area contributed by atoms with Crippen LogP contribution >= 0.6 is 11.8 Å². The fourth-order valence-electron chi connectivity index (χ4n) is 3.36. The first-order valence-corrected chi connectivity index (χ1v) is 13.9. The molecule has 36 heavy (non-hydrogen) atoms. The summed E-state index contributed by atoms with van der Waals surface area (Å²) in [4.78, 5) is 26.3. The van der Waals surface area contributed by atoms with Crippen molar-refractivity contribution in [3.8, 4) is 5.75 Å². The summed E-state index contributed by atoms with van der Waals surface area (Å²) in [6, 6.07) is 19.3. The number of benzene rings is 3. The van der Waals surface area contributed by atoms with Gasteiger partial charge in [-0.2, -0.15) is 0 Å². The van der Waals surface area contributed by atoms with Crippen molar-refractivity contribution in [2.24, 2.45) is 0 Å². The Morgan fingerprint density at radius 3 is 2.19 bits per heavy atom. The average Bonchev–Trinajstić information content (AvgIpc) is 2.88. The number of anilines is 2. The molecule has 10 heteroatoms. The minimum atomic E-state index is -4.10. The Kier molecular flexibility index (Phi) is 9.38. The van der Waals surface area contributed by atoms with Crippen molar-refractivity contribution in [2.45, 2.75) is 23.6 Å². The maximum Gasteiger partial charge on any atom is 0.340 e. The number of nitrogens with zero attached hydrogens (tertiary/aromatic N) is 1.